The molecule has 0 fully saturated rings. The van der Waals surface area contributed by atoms with E-state index < -0.39 is 10.9 Å². The maximum Gasteiger partial charge on any atom is 0.303 e. The minimum absolute atomic E-state index is 0.0617. The van der Waals surface area contributed by atoms with E-state index in [4.69, 9.17) is 5.11 Å². The van der Waals surface area contributed by atoms with Gasteiger partial charge in [-0.05, 0) is 31.4 Å². The molecule has 0 unspecified atom stereocenters. The van der Waals surface area contributed by atoms with E-state index in [0.29, 0.717) is 12.8 Å². The summed E-state index contributed by atoms with van der Waals surface area (Å²) in [5, 5.41) is 20.2. The monoisotopic (exact) mass is 262 g/mol. The van der Waals surface area contributed by atoms with Crippen LogP contribution in [0.3, 0.4) is 0 Å². The van der Waals surface area contributed by atoms with Crippen molar-refractivity contribution in [3.8, 4) is 0 Å². The van der Waals surface area contributed by atoms with Gasteiger partial charge in [0.25, 0.3) is 5.69 Å². The molecule has 0 saturated carbocycles. The van der Waals surface area contributed by atoms with E-state index in [1.807, 2.05) is 6.92 Å². The molecule has 2 aromatic rings. The molecule has 0 aliphatic heterocycles. The molecule has 1 aromatic heterocycles. The molecular weight excluding hydrogens is 248 g/mol. The lowest BCUT2D eigenvalue weighted by Gasteiger charge is -1.98. The molecule has 0 atom stereocenters. The maximum absolute atomic E-state index is 10.7. The SMILES string of the molecule is Cc1c(CCCC(=O)O)[nH]c2ccc([N+](=O)[O-])cc12. The standard InChI is InChI=1S/C13H14N2O4/c1-8-10-7-9(15(18)19)5-6-12(10)14-11(8)3-2-4-13(16)17/h5-7,14H,2-4H2,1H3,(H,16,17). The summed E-state index contributed by atoms with van der Waals surface area (Å²) in [7, 11) is 0. The lowest BCUT2D eigenvalue weighted by atomic mass is 10.1. The van der Waals surface area contributed by atoms with Crippen LogP contribution in [-0.2, 0) is 11.2 Å². The molecule has 0 amide bonds. The first-order valence-electron chi connectivity index (χ1n) is 5.96. The molecule has 0 saturated heterocycles. The number of benzene rings is 1. The number of carboxylic acids is 1. The number of non-ortho nitro benzene ring substituents is 1. The summed E-state index contributed by atoms with van der Waals surface area (Å²) in [4.78, 5) is 24.0. The van der Waals surface area contributed by atoms with Crippen LogP contribution in [0.4, 0.5) is 5.69 Å². The van der Waals surface area contributed by atoms with Crippen molar-refractivity contribution in [2.45, 2.75) is 26.2 Å². The van der Waals surface area contributed by atoms with Gasteiger partial charge in [-0.25, -0.2) is 0 Å². The van der Waals surface area contributed by atoms with Crippen molar-refractivity contribution in [2.24, 2.45) is 0 Å². The number of nitrogens with one attached hydrogen (secondary N) is 1. The van der Waals surface area contributed by atoms with Gasteiger partial charge in [0.15, 0.2) is 0 Å². The lowest BCUT2D eigenvalue weighted by Crippen LogP contribution is -1.96. The molecule has 0 aliphatic carbocycles. The summed E-state index contributed by atoms with van der Waals surface area (Å²) in [6.07, 6.45) is 1.29. The molecule has 6 nitrogen and oxygen atoms in total. The number of rotatable bonds is 5. The first-order valence-corrected chi connectivity index (χ1v) is 5.96. The van der Waals surface area contributed by atoms with E-state index in [9.17, 15) is 14.9 Å². The molecule has 0 radical (unpaired) electrons. The molecule has 1 aromatic carbocycles. The second-order valence-corrected chi connectivity index (χ2v) is 4.46. The Balaban J connectivity index is 2.29. The van der Waals surface area contributed by atoms with Gasteiger partial charge in [0, 0.05) is 35.2 Å². The number of nitro groups is 1. The number of aromatic amines is 1. The molecule has 2 rings (SSSR count). The van der Waals surface area contributed by atoms with Crippen molar-refractivity contribution in [1.29, 1.82) is 0 Å². The van der Waals surface area contributed by atoms with Crippen molar-refractivity contribution >= 4 is 22.6 Å². The molecule has 0 spiro atoms. The number of fused-ring (bicyclic) bond motifs is 1. The molecular formula is C13H14N2O4. The van der Waals surface area contributed by atoms with Crippen molar-refractivity contribution < 1.29 is 14.8 Å². The number of nitro benzene ring substituents is 1. The molecule has 0 bridgehead atoms. The third kappa shape index (κ3) is 2.73. The number of carboxylic acid groups (broad SMARTS) is 1. The molecule has 100 valence electrons. The van der Waals surface area contributed by atoms with Crippen LogP contribution in [-0.4, -0.2) is 21.0 Å². The second-order valence-electron chi connectivity index (χ2n) is 4.46. The first-order chi connectivity index (χ1) is 8.99. The third-order valence-electron chi connectivity index (χ3n) is 3.17. The Morgan fingerprint density at radius 1 is 1.47 bits per heavy atom. The van der Waals surface area contributed by atoms with Crippen LogP contribution in [0.5, 0.6) is 0 Å². The van der Waals surface area contributed by atoms with E-state index >= 15 is 0 Å². The van der Waals surface area contributed by atoms with E-state index in [1.165, 1.54) is 6.07 Å². The molecule has 19 heavy (non-hydrogen) atoms. The van der Waals surface area contributed by atoms with Gasteiger partial charge in [-0.1, -0.05) is 0 Å². The van der Waals surface area contributed by atoms with E-state index in [-0.39, 0.29) is 12.1 Å². The average Bonchev–Trinajstić information content (AvgIpc) is 2.66. The third-order valence-corrected chi connectivity index (χ3v) is 3.17. The fraction of sp³-hybridized carbons (Fsp3) is 0.308. The average molecular weight is 262 g/mol. The van der Waals surface area contributed by atoms with Gasteiger partial charge in [0.05, 0.1) is 4.92 Å². The highest BCUT2D eigenvalue weighted by Crippen LogP contribution is 2.26. The first kappa shape index (κ1) is 13.1. The number of carbonyl (C=O) groups is 1. The zero-order valence-corrected chi connectivity index (χ0v) is 10.5. The fourth-order valence-corrected chi connectivity index (χ4v) is 2.15. The van der Waals surface area contributed by atoms with E-state index in [0.717, 1.165) is 22.2 Å². The number of hydrogen-bond acceptors (Lipinski definition) is 3. The molecule has 2 N–H and O–H groups in total. The van der Waals surface area contributed by atoms with Crippen LogP contribution < -0.4 is 0 Å². The Hall–Kier alpha value is -2.37. The minimum atomic E-state index is -0.815. The van der Waals surface area contributed by atoms with E-state index in [1.54, 1.807) is 12.1 Å². The highest BCUT2D eigenvalue weighted by Gasteiger charge is 2.12. The van der Waals surface area contributed by atoms with Crippen LogP contribution >= 0.6 is 0 Å². The Kier molecular flexibility index (Phi) is 3.50. The van der Waals surface area contributed by atoms with Gasteiger partial charge in [0.2, 0.25) is 0 Å². The Labute approximate surface area is 109 Å². The summed E-state index contributed by atoms with van der Waals surface area (Å²) < 4.78 is 0. The van der Waals surface area contributed by atoms with Crippen molar-refractivity contribution in [3.05, 3.63) is 39.6 Å². The number of hydrogen-bond donors (Lipinski definition) is 2. The topological polar surface area (TPSA) is 96.2 Å². The zero-order valence-electron chi connectivity index (χ0n) is 10.5. The van der Waals surface area contributed by atoms with Crippen molar-refractivity contribution in [3.63, 3.8) is 0 Å². The predicted octanol–water partition coefficient (Wildman–Crippen LogP) is 2.79. The zero-order chi connectivity index (χ0) is 14.0. The predicted molar refractivity (Wildman–Crippen MR) is 70.3 cm³/mol. The smallest absolute Gasteiger partial charge is 0.303 e. The number of nitrogens with zero attached hydrogens (tertiary/aromatic N) is 1. The molecule has 1 heterocycles. The van der Waals surface area contributed by atoms with Crippen molar-refractivity contribution in [1.82, 2.24) is 4.98 Å². The quantitative estimate of drug-likeness (QED) is 0.639. The largest absolute Gasteiger partial charge is 0.481 e. The van der Waals surface area contributed by atoms with Gasteiger partial charge in [-0.15, -0.1) is 0 Å². The Bertz CT molecular complexity index is 645. The van der Waals surface area contributed by atoms with Crippen LogP contribution in [0, 0.1) is 17.0 Å². The van der Waals surface area contributed by atoms with Crippen LogP contribution in [0.1, 0.15) is 24.1 Å². The van der Waals surface area contributed by atoms with Gasteiger partial charge < -0.3 is 10.1 Å². The highest BCUT2D eigenvalue weighted by atomic mass is 16.6. The number of aryl methyl sites for hydroxylation is 2. The van der Waals surface area contributed by atoms with Crippen LogP contribution in [0.2, 0.25) is 0 Å². The Morgan fingerprint density at radius 3 is 2.84 bits per heavy atom. The van der Waals surface area contributed by atoms with Gasteiger partial charge in [-0.2, -0.15) is 0 Å². The minimum Gasteiger partial charge on any atom is -0.481 e. The fourth-order valence-electron chi connectivity index (χ4n) is 2.15. The highest BCUT2D eigenvalue weighted by molar-refractivity contribution is 5.86. The van der Waals surface area contributed by atoms with Gasteiger partial charge in [-0.3, -0.25) is 14.9 Å². The lowest BCUT2D eigenvalue weighted by molar-refractivity contribution is -0.384. The summed E-state index contributed by atoms with van der Waals surface area (Å²) in [6, 6.07) is 4.68. The molecule has 0 aliphatic rings. The number of aromatic nitrogens is 1. The summed E-state index contributed by atoms with van der Waals surface area (Å²) in [6.45, 7) is 1.89. The normalized spacial score (nSPS) is 10.8. The number of aliphatic carboxylic acids is 1. The summed E-state index contributed by atoms with van der Waals surface area (Å²) in [5.41, 5.74) is 2.79. The van der Waals surface area contributed by atoms with E-state index in [2.05, 4.69) is 4.98 Å². The molecule has 6 heteroatoms. The summed E-state index contributed by atoms with van der Waals surface area (Å²) in [5.74, 6) is -0.815. The second kappa shape index (κ2) is 5.09. The van der Waals surface area contributed by atoms with Gasteiger partial charge >= 0.3 is 5.97 Å². The Morgan fingerprint density at radius 2 is 2.21 bits per heavy atom. The maximum atomic E-state index is 10.7. The van der Waals surface area contributed by atoms with Crippen molar-refractivity contribution in [2.75, 3.05) is 0 Å². The van der Waals surface area contributed by atoms with Crippen LogP contribution in [0.25, 0.3) is 10.9 Å². The number of H-pyrrole nitrogens is 1. The summed E-state index contributed by atoms with van der Waals surface area (Å²) >= 11 is 0. The van der Waals surface area contributed by atoms with Gasteiger partial charge in [0.1, 0.15) is 0 Å². The van der Waals surface area contributed by atoms with Crippen LogP contribution in [0.15, 0.2) is 18.2 Å².